The molecule has 1 rings (SSSR count). The van der Waals surface area contributed by atoms with E-state index in [0.717, 1.165) is 31.6 Å². The first-order valence-electron chi connectivity index (χ1n) is 4.71. The molecule has 13 heavy (non-hydrogen) atoms. The maximum absolute atomic E-state index is 10.6. The summed E-state index contributed by atoms with van der Waals surface area (Å²) in [5.41, 5.74) is 0. The highest BCUT2D eigenvalue weighted by Crippen LogP contribution is 2.27. The fourth-order valence-corrected chi connectivity index (χ4v) is 1.98. The van der Waals surface area contributed by atoms with Gasteiger partial charge in [-0.1, -0.05) is 0 Å². The van der Waals surface area contributed by atoms with Gasteiger partial charge < -0.3 is 10.4 Å². The van der Waals surface area contributed by atoms with Gasteiger partial charge in [0.05, 0.1) is 5.92 Å². The molecule has 0 aromatic rings. The lowest BCUT2D eigenvalue weighted by Gasteiger charge is -2.34. The van der Waals surface area contributed by atoms with E-state index in [2.05, 4.69) is 11.6 Å². The van der Waals surface area contributed by atoms with Gasteiger partial charge in [0.15, 0.2) is 0 Å². The Hall–Kier alpha value is -0.220. The topological polar surface area (TPSA) is 49.3 Å². The van der Waals surface area contributed by atoms with Gasteiger partial charge in [0.1, 0.15) is 0 Å². The minimum Gasteiger partial charge on any atom is -0.481 e. The highest BCUT2D eigenvalue weighted by molar-refractivity contribution is 7.98. The van der Waals surface area contributed by atoms with Crippen molar-refractivity contribution in [3.8, 4) is 0 Å². The normalized spacial score (nSPS) is 26.8. The molecule has 2 unspecified atom stereocenters. The maximum Gasteiger partial charge on any atom is 0.308 e. The lowest BCUT2D eigenvalue weighted by atomic mass is 9.79. The third-order valence-corrected chi connectivity index (χ3v) is 3.22. The Morgan fingerprint density at radius 3 is 2.85 bits per heavy atom. The Bertz CT molecular complexity index is 175. The second kappa shape index (κ2) is 5.50. The number of carboxylic acid groups (broad SMARTS) is 1. The molecule has 0 radical (unpaired) electrons. The number of hydrogen-bond donors (Lipinski definition) is 2. The summed E-state index contributed by atoms with van der Waals surface area (Å²) in [6, 6.07) is 0.236. The number of nitrogens with one attached hydrogen (secondary N) is 1. The number of thioether (sulfide) groups is 1. The van der Waals surface area contributed by atoms with Crippen LogP contribution in [-0.2, 0) is 4.79 Å². The summed E-state index contributed by atoms with van der Waals surface area (Å²) in [6.07, 6.45) is 5.08. The fourth-order valence-electron chi connectivity index (χ4n) is 1.54. The van der Waals surface area contributed by atoms with E-state index in [9.17, 15) is 4.79 Å². The molecule has 1 aliphatic carbocycles. The molecule has 0 heterocycles. The van der Waals surface area contributed by atoms with Gasteiger partial charge >= 0.3 is 5.97 Å². The van der Waals surface area contributed by atoms with Crippen LogP contribution in [0.4, 0.5) is 0 Å². The van der Waals surface area contributed by atoms with E-state index >= 15 is 0 Å². The van der Waals surface area contributed by atoms with E-state index in [1.54, 1.807) is 0 Å². The molecular weight excluding hydrogens is 186 g/mol. The van der Waals surface area contributed by atoms with Crippen molar-refractivity contribution in [1.29, 1.82) is 0 Å². The second-order valence-corrected chi connectivity index (χ2v) is 4.41. The van der Waals surface area contributed by atoms with Crippen molar-refractivity contribution in [2.45, 2.75) is 25.3 Å². The summed E-state index contributed by atoms with van der Waals surface area (Å²) in [5.74, 6) is 0.375. The monoisotopic (exact) mass is 203 g/mol. The average molecular weight is 203 g/mol. The third-order valence-electron chi connectivity index (χ3n) is 2.52. The molecule has 4 heteroatoms. The molecule has 0 spiro atoms. The van der Waals surface area contributed by atoms with Crippen molar-refractivity contribution in [3.05, 3.63) is 0 Å². The molecule has 2 atom stereocenters. The molecule has 0 bridgehead atoms. The summed E-state index contributed by atoms with van der Waals surface area (Å²) in [7, 11) is 0. The Morgan fingerprint density at radius 1 is 1.62 bits per heavy atom. The van der Waals surface area contributed by atoms with Crippen molar-refractivity contribution in [1.82, 2.24) is 5.32 Å². The van der Waals surface area contributed by atoms with Gasteiger partial charge in [-0.15, -0.1) is 0 Å². The van der Waals surface area contributed by atoms with Crippen LogP contribution in [0.25, 0.3) is 0 Å². The Labute approximate surface area is 83.3 Å². The van der Waals surface area contributed by atoms with E-state index in [0.29, 0.717) is 0 Å². The minimum atomic E-state index is -0.645. The zero-order chi connectivity index (χ0) is 9.68. The van der Waals surface area contributed by atoms with Crippen LogP contribution in [0.2, 0.25) is 0 Å². The zero-order valence-corrected chi connectivity index (χ0v) is 8.77. The Kier molecular flexibility index (Phi) is 4.59. The molecule has 0 amide bonds. The van der Waals surface area contributed by atoms with Gasteiger partial charge in [-0.3, -0.25) is 4.79 Å². The smallest absolute Gasteiger partial charge is 0.308 e. The minimum absolute atomic E-state index is 0.130. The average Bonchev–Trinajstić information content (AvgIpc) is 2.01. The molecular formula is C9H17NO2S. The second-order valence-electron chi connectivity index (χ2n) is 3.43. The highest BCUT2D eigenvalue weighted by Gasteiger charge is 2.35. The van der Waals surface area contributed by atoms with Crippen molar-refractivity contribution < 1.29 is 9.90 Å². The summed E-state index contributed by atoms with van der Waals surface area (Å²) < 4.78 is 0. The van der Waals surface area contributed by atoms with Gasteiger partial charge in [-0.25, -0.2) is 0 Å². The molecule has 0 aliphatic heterocycles. The largest absolute Gasteiger partial charge is 0.481 e. The van der Waals surface area contributed by atoms with E-state index in [-0.39, 0.29) is 12.0 Å². The molecule has 0 aromatic heterocycles. The third kappa shape index (κ3) is 3.19. The number of carboxylic acids is 1. The number of aliphatic carboxylic acids is 1. The highest BCUT2D eigenvalue weighted by atomic mass is 32.2. The summed E-state index contributed by atoms with van der Waals surface area (Å²) >= 11 is 1.83. The van der Waals surface area contributed by atoms with E-state index in [1.807, 2.05) is 11.8 Å². The van der Waals surface area contributed by atoms with Gasteiger partial charge in [-0.2, -0.15) is 11.8 Å². The predicted octanol–water partition coefficient (Wildman–Crippen LogP) is 1.19. The van der Waals surface area contributed by atoms with Crippen LogP contribution in [-0.4, -0.2) is 35.7 Å². The van der Waals surface area contributed by atoms with Gasteiger partial charge in [0.25, 0.3) is 0 Å². The first kappa shape index (κ1) is 10.9. The Balaban J connectivity index is 2.05. The molecule has 76 valence electrons. The predicted molar refractivity (Wildman–Crippen MR) is 55.1 cm³/mol. The number of carbonyl (C=O) groups is 1. The van der Waals surface area contributed by atoms with Gasteiger partial charge in [0.2, 0.25) is 0 Å². The lowest BCUT2D eigenvalue weighted by Crippen LogP contribution is -2.47. The van der Waals surface area contributed by atoms with Crippen LogP contribution >= 0.6 is 11.8 Å². The van der Waals surface area contributed by atoms with E-state index in [1.165, 1.54) is 0 Å². The number of hydrogen-bond acceptors (Lipinski definition) is 3. The quantitative estimate of drug-likeness (QED) is 0.637. The molecule has 3 nitrogen and oxygen atoms in total. The molecule has 1 fully saturated rings. The molecule has 0 aromatic carbocycles. The SMILES string of the molecule is CSCCCNC1CCC1C(=O)O. The van der Waals surface area contributed by atoms with E-state index in [4.69, 9.17) is 5.11 Å². The van der Waals surface area contributed by atoms with Gasteiger partial charge in [0, 0.05) is 6.04 Å². The van der Waals surface area contributed by atoms with Crippen molar-refractivity contribution in [2.24, 2.45) is 5.92 Å². The molecule has 1 aliphatic rings. The molecule has 2 N–H and O–H groups in total. The van der Waals surface area contributed by atoms with Crippen LogP contribution in [0.5, 0.6) is 0 Å². The van der Waals surface area contributed by atoms with Crippen molar-refractivity contribution >= 4 is 17.7 Å². The van der Waals surface area contributed by atoms with E-state index < -0.39 is 5.97 Å². The van der Waals surface area contributed by atoms with Gasteiger partial charge in [-0.05, 0) is 37.8 Å². The van der Waals surface area contributed by atoms with Crippen LogP contribution in [0.1, 0.15) is 19.3 Å². The summed E-state index contributed by atoms with van der Waals surface area (Å²) in [4.78, 5) is 10.6. The van der Waals surface area contributed by atoms with Crippen LogP contribution in [0, 0.1) is 5.92 Å². The Morgan fingerprint density at radius 2 is 2.38 bits per heavy atom. The van der Waals surface area contributed by atoms with Crippen molar-refractivity contribution in [3.63, 3.8) is 0 Å². The van der Waals surface area contributed by atoms with Crippen molar-refractivity contribution in [2.75, 3.05) is 18.6 Å². The first-order chi connectivity index (χ1) is 6.25. The first-order valence-corrected chi connectivity index (χ1v) is 6.10. The lowest BCUT2D eigenvalue weighted by molar-refractivity contribution is -0.146. The standard InChI is InChI=1S/C9H17NO2S/c1-13-6-2-5-10-8-4-3-7(8)9(11)12/h7-8,10H,2-6H2,1H3,(H,11,12). The molecule has 1 saturated carbocycles. The van der Waals surface area contributed by atoms with Crippen LogP contribution < -0.4 is 5.32 Å². The van der Waals surface area contributed by atoms with Crippen LogP contribution in [0.3, 0.4) is 0 Å². The summed E-state index contributed by atoms with van der Waals surface area (Å²) in [5, 5.41) is 12.1. The molecule has 0 saturated heterocycles. The van der Waals surface area contributed by atoms with Crippen LogP contribution in [0.15, 0.2) is 0 Å². The fraction of sp³-hybridized carbons (Fsp3) is 0.889. The zero-order valence-electron chi connectivity index (χ0n) is 7.95. The maximum atomic E-state index is 10.6. The summed E-state index contributed by atoms with van der Waals surface area (Å²) in [6.45, 7) is 0.954. The number of rotatable bonds is 6.